The van der Waals surface area contributed by atoms with Crippen molar-refractivity contribution >= 4 is 21.7 Å². The Morgan fingerprint density at radius 1 is 1.00 bits per heavy atom. The highest BCUT2D eigenvalue weighted by atomic mass is 16.3. The number of pyridine rings is 1. The second-order valence-electron chi connectivity index (χ2n) is 4.69. The van der Waals surface area contributed by atoms with E-state index in [1.165, 1.54) is 0 Å². The Labute approximate surface area is 104 Å². The summed E-state index contributed by atoms with van der Waals surface area (Å²) < 4.78 is 0. The van der Waals surface area contributed by atoms with E-state index in [9.17, 15) is 9.90 Å². The van der Waals surface area contributed by atoms with Crippen LogP contribution in [0.15, 0.2) is 35.1 Å². The van der Waals surface area contributed by atoms with E-state index in [1.807, 2.05) is 32.0 Å². The molecule has 3 aromatic rings. The zero-order chi connectivity index (χ0) is 12.9. The maximum Gasteiger partial charge on any atom is 0.256 e. The number of hydrogen-bond donors (Lipinski definition) is 2. The fourth-order valence-electron chi connectivity index (χ4n) is 2.41. The molecule has 0 aliphatic rings. The topological polar surface area (TPSA) is 53.1 Å². The van der Waals surface area contributed by atoms with E-state index in [-0.39, 0.29) is 11.3 Å². The molecule has 1 aromatic heterocycles. The number of H-pyrrole nitrogens is 1. The summed E-state index contributed by atoms with van der Waals surface area (Å²) in [6, 6.07) is 9.06. The van der Waals surface area contributed by atoms with Crippen LogP contribution in [0.5, 0.6) is 5.75 Å². The van der Waals surface area contributed by atoms with Crippen LogP contribution in [0.3, 0.4) is 0 Å². The van der Waals surface area contributed by atoms with E-state index in [2.05, 4.69) is 4.98 Å². The van der Waals surface area contributed by atoms with Gasteiger partial charge in [0, 0.05) is 10.8 Å². The van der Waals surface area contributed by atoms with Gasteiger partial charge in [0.05, 0.1) is 5.52 Å². The third-order valence-corrected chi connectivity index (χ3v) is 3.27. The fraction of sp³-hybridized carbons (Fsp3) is 0.133. The molecule has 0 atom stereocenters. The molecule has 3 heteroatoms. The lowest BCUT2D eigenvalue weighted by Crippen LogP contribution is -2.07. The highest BCUT2D eigenvalue weighted by Gasteiger charge is 2.08. The minimum absolute atomic E-state index is 0.0914. The maximum absolute atomic E-state index is 12.0. The summed E-state index contributed by atoms with van der Waals surface area (Å²) in [6.45, 7) is 3.86. The molecule has 2 N–H and O–H groups in total. The lowest BCUT2D eigenvalue weighted by atomic mass is 10.0. The highest BCUT2D eigenvalue weighted by molar-refractivity contribution is 6.06. The van der Waals surface area contributed by atoms with Crippen LogP contribution < -0.4 is 5.56 Å². The smallest absolute Gasteiger partial charge is 0.256 e. The van der Waals surface area contributed by atoms with Crippen molar-refractivity contribution in [2.75, 3.05) is 0 Å². The number of aromatic nitrogens is 1. The van der Waals surface area contributed by atoms with Crippen molar-refractivity contribution in [1.29, 1.82) is 0 Å². The number of nitrogens with one attached hydrogen (secondary N) is 1. The Morgan fingerprint density at radius 3 is 2.56 bits per heavy atom. The average Bonchev–Trinajstić information content (AvgIpc) is 2.31. The van der Waals surface area contributed by atoms with Crippen molar-refractivity contribution in [3.63, 3.8) is 0 Å². The van der Waals surface area contributed by atoms with Gasteiger partial charge in [0.2, 0.25) is 0 Å². The normalized spacial score (nSPS) is 11.2. The molecule has 3 rings (SSSR count). The molecule has 0 spiro atoms. The first-order chi connectivity index (χ1) is 8.56. The van der Waals surface area contributed by atoms with Gasteiger partial charge in [-0.1, -0.05) is 17.7 Å². The summed E-state index contributed by atoms with van der Waals surface area (Å²) in [5.74, 6) is 0.217. The number of hydrogen-bond acceptors (Lipinski definition) is 2. The SMILES string of the molecule is Cc1ccc2c(=O)[nH]c3c(C)cc(O)cc3c2c1. The van der Waals surface area contributed by atoms with Gasteiger partial charge >= 0.3 is 0 Å². The van der Waals surface area contributed by atoms with Gasteiger partial charge < -0.3 is 10.1 Å². The predicted molar refractivity (Wildman–Crippen MR) is 73.2 cm³/mol. The van der Waals surface area contributed by atoms with E-state index in [0.717, 1.165) is 27.4 Å². The Morgan fingerprint density at radius 2 is 1.78 bits per heavy atom. The van der Waals surface area contributed by atoms with Crippen LogP contribution in [0, 0.1) is 13.8 Å². The standard InChI is InChI=1S/C15H13NO2/c1-8-3-4-11-12(5-8)13-7-10(17)6-9(2)14(13)16-15(11)18/h3-7,17H,1-2H3,(H,16,18). The first-order valence-electron chi connectivity index (χ1n) is 5.82. The number of aryl methyl sites for hydroxylation is 2. The number of aromatic hydroxyl groups is 1. The fourth-order valence-corrected chi connectivity index (χ4v) is 2.41. The molecule has 0 fully saturated rings. The molecule has 18 heavy (non-hydrogen) atoms. The largest absolute Gasteiger partial charge is 0.508 e. The summed E-state index contributed by atoms with van der Waals surface area (Å²) in [5, 5.41) is 12.1. The van der Waals surface area contributed by atoms with Crippen molar-refractivity contribution in [2.24, 2.45) is 0 Å². The number of benzene rings is 2. The van der Waals surface area contributed by atoms with Crippen LogP contribution in [0.25, 0.3) is 21.7 Å². The van der Waals surface area contributed by atoms with Crippen LogP contribution >= 0.6 is 0 Å². The summed E-state index contributed by atoms with van der Waals surface area (Å²) in [7, 11) is 0. The van der Waals surface area contributed by atoms with E-state index < -0.39 is 0 Å². The lowest BCUT2D eigenvalue weighted by molar-refractivity contribution is 0.476. The van der Waals surface area contributed by atoms with Gasteiger partial charge in [-0.3, -0.25) is 4.79 Å². The van der Waals surface area contributed by atoms with Crippen molar-refractivity contribution in [3.05, 3.63) is 51.8 Å². The van der Waals surface area contributed by atoms with Crippen molar-refractivity contribution < 1.29 is 5.11 Å². The van der Waals surface area contributed by atoms with E-state index >= 15 is 0 Å². The van der Waals surface area contributed by atoms with Crippen molar-refractivity contribution in [2.45, 2.75) is 13.8 Å². The molecule has 3 nitrogen and oxygen atoms in total. The molecule has 0 radical (unpaired) electrons. The van der Waals surface area contributed by atoms with Crippen LogP contribution in [-0.4, -0.2) is 10.1 Å². The summed E-state index contributed by atoms with van der Waals surface area (Å²) >= 11 is 0. The molecule has 0 saturated heterocycles. The lowest BCUT2D eigenvalue weighted by Gasteiger charge is -2.07. The van der Waals surface area contributed by atoms with Gasteiger partial charge in [0.15, 0.2) is 0 Å². The molecular weight excluding hydrogens is 226 g/mol. The second kappa shape index (κ2) is 3.60. The number of fused-ring (bicyclic) bond motifs is 3. The molecule has 0 amide bonds. The molecule has 0 saturated carbocycles. The van der Waals surface area contributed by atoms with Gasteiger partial charge in [0.25, 0.3) is 5.56 Å². The van der Waals surface area contributed by atoms with Crippen molar-refractivity contribution in [3.8, 4) is 5.75 Å². The average molecular weight is 239 g/mol. The Bertz CT molecular complexity index is 831. The first kappa shape index (κ1) is 10.8. The second-order valence-corrected chi connectivity index (χ2v) is 4.69. The third-order valence-electron chi connectivity index (χ3n) is 3.27. The summed E-state index contributed by atoms with van der Waals surface area (Å²) in [4.78, 5) is 14.9. The molecule has 0 bridgehead atoms. The van der Waals surface area contributed by atoms with Crippen LogP contribution in [-0.2, 0) is 0 Å². The Kier molecular flexibility index (Phi) is 2.17. The van der Waals surface area contributed by atoms with Crippen molar-refractivity contribution in [1.82, 2.24) is 4.98 Å². The quantitative estimate of drug-likeness (QED) is 0.592. The molecule has 90 valence electrons. The molecule has 1 heterocycles. The highest BCUT2D eigenvalue weighted by Crippen LogP contribution is 2.28. The third kappa shape index (κ3) is 1.48. The molecule has 0 aliphatic carbocycles. The zero-order valence-electron chi connectivity index (χ0n) is 10.2. The Balaban J connectivity index is 2.67. The summed E-state index contributed by atoms with van der Waals surface area (Å²) in [5.41, 5.74) is 2.66. The first-order valence-corrected chi connectivity index (χ1v) is 5.82. The number of aromatic amines is 1. The molecule has 0 unspecified atom stereocenters. The number of rotatable bonds is 0. The minimum Gasteiger partial charge on any atom is -0.508 e. The molecular formula is C15H13NO2. The van der Waals surface area contributed by atoms with Gasteiger partial charge in [-0.2, -0.15) is 0 Å². The van der Waals surface area contributed by atoms with Crippen LogP contribution in [0.4, 0.5) is 0 Å². The van der Waals surface area contributed by atoms with Crippen LogP contribution in [0.2, 0.25) is 0 Å². The zero-order valence-corrected chi connectivity index (χ0v) is 10.2. The van der Waals surface area contributed by atoms with Gasteiger partial charge in [0.1, 0.15) is 5.75 Å². The number of phenolic OH excluding ortho intramolecular Hbond substituents is 1. The minimum atomic E-state index is -0.0914. The predicted octanol–water partition coefficient (Wildman–Crippen LogP) is 3.00. The maximum atomic E-state index is 12.0. The molecule has 0 aliphatic heterocycles. The van der Waals surface area contributed by atoms with Gasteiger partial charge in [-0.05, 0) is 43.0 Å². The monoisotopic (exact) mass is 239 g/mol. The molecule has 2 aromatic carbocycles. The van der Waals surface area contributed by atoms with E-state index in [1.54, 1.807) is 12.1 Å². The number of phenols is 1. The summed E-state index contributed by atoms with van der Waals surface area (Å²) in [6.07, 6.45) is 0. The van der Waals surface area contributed by atoms with Gasteiger partial charge in [-0.15, -0.1) is 0 Å². The van der Waals surface area contributed by atoms with Crippen LogP contribution in [0.1, 0.15) is 11.1 Å². The van der Waals surface area contributed by atoms with Gasteiger partial charge in [-0.25, -0.2) is 0 Å². The van der Waals surface area contributed by atoms with E-state index in [0.29, 0.717) is 5.39 Å². The Hall–Kier alpha value is -2.29. The van der Waals surface area contributed by atoms with E-state index in [4.69, 9.17) is 0 Å².